The van der Waals surface area contributed by atoms with Crippen molar-refractivity contribution in [1.29, 1.82) is 0 Å². The summed E-state index contributed by atoms with van der Waals surface area (Å²) in [6.45, 7) is 4.89. The highest BCUT2D eigenvalue weighted by atomic mass is 32.1. The maximum absolute atomic E-state index is 10.0. The SMILES string of the molecule is CCOc1cc(CN(CCc2c[nH]c3ccc(OC)cc23)C(=S)NCCOC)ccc1O. The molecule has 0 unspecified atom stereocenters. The van der Waals surface area contributed by atoms with E-state index in [-0.39, 0.29) is 5.75 Å². The molecule has 32 heavy (non-hydrogen) atoms. The first-order valence-corrected chi connectivity index (χ1v) is 11.1. The van der Waals surface area contributed by atoms with Crippen LogP contribution < -0.4 is 14.8 Å². The van der Waals surface area contributed by atoms with E-state index in [1.54, 1.807) is 20.3 Å². The zero-order valence-corrected chi connectivity index (χ0v) is 19.6. The monoisotopic (exact) mass is 457 g/mol. The van der Waals surface area contributed by atoms with Crippen LogP contribution in [-0.2, 0) is 17.7 Å². The van der Waals surface area contributed by atoms with E-state index >= 15 is 0 Å². The van der Waals surface area contributed by atoms with Crippen molar-refractivity contribution in [3.05, 3.63) is 53.7 Å². The second-order valence-electron chi connectivity index (χ2n) is 7.36. The second kappa shape index (κ2) is 11.6. The Balaban J connectivity index is 1.77. The van der Waals surface area contributed by atoms with E-state index < -0.39 is 0 Å². The lowest BCUT2D eigenvalue weighted by atomic mass is 10.1. The molecule has 7 nitrogen and oxygen atoms in total. The third-order valence-electron chi connectivity index (χ3n) is 5.19. The summed E-state index contributed by atoms with van der Waals surface area (Å²) in [6, 6.07) is 11.4. The van der Waals surface area contributed by atoms with Gasteiger partial charge in [-0.15, -0.1) is 0 Å². The number of thiocarbonyl (C=S) groups is 1. The molecule has 1 heterocycles. The molecule has 3 rings (SSSR count). The van der Waals surface area contributed by atoms with Crippen LogP contribution in [0.15, 0.2) is 42.6 Å². The Kier molecular flexibility index (Phi) is 8.58. The second-order valence-corrected chi connectivity index (χ2v) is 7.74. The van der Waals surface area contributed by atoms with Gasteiger partial charge < -0.3 is 34.5 Å². The van der Waals surface area contributed by atoms with Gasteiger partial charge in [0.05, 0.1) is 20.3 Å². The third-order valence-corrected chi connectivity index (χ3v) is 5.60. The number of methoxy groups -OCH3 is 2. The van der Waals surface area contributed by atoms with Crippen LogP contribution >= 0.6 is 12.2 Å². The minimum absolute atomic E-state index is 0.135. The zero-order chi connectivity index (χ0) is 22.9. The van der Waals surface area contributed by atoms with Crippen LogP contribution in [0.3, 0.4) is 0 Å². The molecule has 0 aliphatic carbocycles. The number of nitrogens with one attached hydrogen (secondary N) is 2. The van der Waals surface area contributed by atoms with E-state index in [2.05, 4.69) is 21.3 Å². The molecule has 0 aliphatic heterocycles. The van der Waals surface area contributed by atoms with Crippen LogP contribution in [0, 0.1) is 0 Å². The number of benzene rings is 2. The number of aromatic hydroxyl groups is 1. The predicted octanol–water partition coefficient (Wildman–Crippen LogP) is 3.85. The van der Waals surface area contributed by atoms with Gasteiger partial charge in [-0.1, -0.05) is 6.07 Å². The number of H-pyrrole nitrogens is 1. The molecule has 0 saturated heterocycles. The van der Waals surface area contributed by atoms with Gasteiger partial charge in [0, 0.05) is 43.8 Å². The molecule has 2 aromatic carbocycles. The van der Waals surface area contributed by atoms with Gasteiger partial charge in [0.1, 0.15) is 5.75 Å². The highest BCUT2D eigenvalue weighted by Crippen LogP contribution is 2.28. The number of phenolic OH excluding ortho intramolecular Hbond substituents is 1. The number of phenols is 1. The first-order valence-electron chi connectivity index (χ1n) is 10.7. The molecule has 1 aromatic heterocycles. The molecule has 0 fully saturated rings. The van der Waals surface area contributed by atoms with Crippen molar-refractivity contribution in [2.75, 3.05) is 40.5 Å². The Morgan fingerprint density at radius 1 is 1.19 bits per heavy atom. The molecule has 0 atom stereocenters. The standard InChI is InChI=1S/C24H31N3O4S/c1-4-31-23-13-17(5-8-22(23)28)16-27(24(32)25-10-12-29-2)11-9-18-15-26-21-7-6-19(30-3)14-20(18)21/h5-8,13-15,26,28H,4,9-12,16H2,1-3H3,(H,25,32). The molecule has 0 amide bonds. The molecule has 0 bridgehead atoms. The Labute approximate surface area is 194 Å². The largest absolute Gasteiger partial charge is 0.504 e. The highest BCUT2D eigenvalue weighted by Gasteiger charge is 2.14. The van der Waals surface area contributed by atoms with Gasteiger partial charge in [0.2, 0.25) is 0 Å². The quantitative estimate of drug-likeness (QED) is 0.298. The fraction of sp³-hybridized carbons (Fsp3) is 0.375. The summed E-state index contributed by atoms with van der Waals surface area (Å²) in [5, 5.41) is 15.1. The molecule has 3 N–H and O–H groups in total. The minimum Gasteiger partial charge on any atom is -0.504 e. The predicted molar refractivity (Wildman–Crippen MR) is 131 cm³/mol. The normalized spacial score (nSPS) is 10.8. The highest BCUT2D eigenvalue weighted by molar-refractivity contribution is 7.80. The van der Waals surface area contributed by atoms with Gasteiger partial charge in [-0.3, -0.25) is 0 Å². The molecule has 0 radical (unpaired) electrons. The van der Waals surface area contributed by atoms with Crippen LogP contribution in [0.2, 0.25) is 0 Å². The molecule has 0 saturated carbocycles. The molecular formula is C24H31N3O4S. The Morgan fingerprint density at radius 2 is 2.03 bits per heavy atom. The van der Waals surface area contributed by atoms with E-state index in [1.807, 2.05) is 37.4 Å². The maximum atomic E-state index is 10.0. The smallest absolute Gasteiger partial charge is 0.169 e. The third kappa shape index (κ3) is 6.05. The van der Waals surface area contributed by atoms with E-state index in [0.717, 1.165) is 28.6 Å². The number of fused-ring (bicyclic) bond motifs is 1. The average molecular weight is 458 g/mol. The summed E-state index contributed by atoms with van der Waals surface area (Å²) in [4.78, 5) is 5.45. The van der Waals surface area contributed by atoms with Gasteiger partial charge in [0.25, 0.3) is 0 Å². The Bertz CT molecular complexity index is 1040. The van der Waals surface area contributed by atoms with Crippen LogP contribution in [-0.4, -0.2) is 60.6 Å². The van der Waals surface area contributed by atoms with Gasteiger partial charge >= 0.3 is 0 Å². The summed E-state index contributed by atoms with van der Waals surface area (Å²) in [5.41, 5.74) is 3.28. The van der Waals surface area contributed by atoms with E-state index in [9.17, 15) is 5.11 Å². The Morgan fingerprint density at radius 3 is 2.78 bits per heavy atom. The summed E-state index contributed by atoms with van der Waals surface area (Å²) in [6.07, 6.45) is 2.84. The lowest BCUT2D eigenvalue weighted by Crippen LogP contribution is -2.41. The van der Waals surface area contributed by atoms with Crippen LogP contribution in [0.25, 0.3) is 10.9 Å². The lowest BCUT2D eigenvalue weighted by Gasteiger charge is -2.26. The number of nitrogens with zero attached hydrogens (tertiary/aromatic N) is 1. The summed E-state index contributed by atoms with van der Waals surface area (Å²) >= 11 is 5.68. The fourth-order valence-electron chi connectivity index (χ4n) is 3.52. The number of ether oxygens (including phenoxy) is 3. The van der Waals surface area contributed by atoms with Crippen molar-refractivity contribution in [3.8, 4) is 17.2 Å². The van der Waals surface area contributed by atoms with Crippen LogP contribution in [0.4, 0.5) is 0 Å². The number of hydrogen-bond acceptors (Lipinski definition) is 5. The van der Waals surface area contributed by atoms with Gasteiger partial charge in [0.15, 0.2) is 16.6 Å². The van der Waals surface area contributed by atoms with Crippen LogP contribution in [0.5, 0.6) is 17.2 Å². The average Bonchev–Trinajstić information content (AvgIpc) is 3.21. The zero-order valence-electron chi connectivity index (χ0n) is 18.8. The summed E-state index contributed by atoms with van der Waals surface area (Å²) in [7, 11) is 3.34. The molecule has 0 spiro atoms. The van der Waals surface area contributed by atoms with Crippen molar-refractivity contribution < 1.29 is 19.3 Å². The van der Waals surface area contributed by atoms with Gasteiger partial charge in [-0.2, -0.15) is 0 Å². The van der Waals surface area contributed by atoms with Crippen molar-refractivity contribution in [3.63, 3.8) is 0 Å². The fourth-order valence-corrected chi connectivity index (χ4v) is 3.78. The number of aromatic nitrogens is 1. The number of aromatic amines is 1. The molecule has 8 heteroatoms. The number of hydrogen-bond donors (Lipinski definition) is 3. The molecular weight excluding hydrogens is 426 g/mol. The Hall–Kier alpha value is -2.97. The minimum atomic E-state index is 0.135. The van der Waals surface area contributed by atoms with Gasteiger partial charge in [-0.05, 0) is 67.0 Å². The van der Waals surface area contributed by atoms with Gasteiger partial charge in [-0.25, -0.2) is 0 Å². The number of rotatable bonds is 11. The van der Waals surface area contributed by atoms with E-state index in [0.29, 0.717) is 43.7 Å². The van der Waals surface area contributed by atoms with Crippen molar-refractivity contribution in [2.24, 2.45) is 0 Å². The summed E-state index contributed by atoms with van der Waals surface area (Å²) in [5.74, 6) is 1.45. The first-order chi connectivity index (χ1) is 15.5. The molecule has 172 valence electrons. The van der Waals surface area contributed by atoms with Crippen molar-refractivity contribution >= 4 is 28.2 Å². The molecule has 0 aliphatic rings. The van der Waals surface area contributed by atoms with E-state index in [4.69, 9.17) is 26.4 Å². The first kappa shape index (κ1) is 23.7. The lowest BCUT2D eigenvalue weighted by molar-refractivity contribution is 0.203. The van der Waals surface area contributed by atoms with Crippen molar-refractivity contribution in [2.45, 2.75) is 19.9 Å². The maximum Gasteiger partial charge on any atom is 0.169 e. The van der Waals surface area contributed by atoms with E-state index in [1.165, 1.54) is 5.56 Å². The van der Waals surface area contributed by atoms with Crippen molar-refractivity contribution in [1.82, 2.24) is 15.2 Å². The van der Waals surface area contributed by atoms with Crippen LogP contribution in [0.1, 0.15) is 18.1 Å². The topological polar surface area (TPSA) is 79.0 Å². The molecule has 3 aromatic rings. The summed E-state index contributed by atoms with van der Waals surface area (Å²) < 4.78 is 16.1.